The molecule has 0 bridgehead atoms. The van der Waals surface area contributed by atoms with Crippen molar-refractivity contribution < 1.29 is 4.74 Å². The molecule has 0 spiro atoms. The number of para-hydroxylation sites is 1. The monoisotopic (exact) mass is 289 g/mol. The number of halogens is 1. The summed E-state index contributed by atoms with van der Waals surface area (Å²) in [7, 11) is 0. The Morgan fingerprint density at radius 3 is 2.60 bits per heavy atom. The SMILES string of the molecule is Cc1ccc(NCC(C)Oc2ccccc2Cl)c(C)c1. The van der Waals surface area contributed by atoms with Crippen molar-refractivity contribution in [1.29, 1.82) is 0 Å². The van der Waals surface area contributed by atoms with Crippen LogP contribution in [0.3, 0.4) is 0 Å². The predicted molar refractivity (Wildman–Crippen MR) is 85.9 cm³/mol. The van der Waals surface area contributed by atoms with Gasteiger partial charge >= 0.3 is 0 Å². The van der Waals surface area contributed by atoms with Crippen LogP contribution in [0.25, 0.3) is 0 Å². The zero-order valence-electron chi connectivity index (χ0n) is 12.1. The summed E-state index contributed by atoms with van der Waals surface area (Å²) in [6, 6.07) is 13.9. The van der Waals surface area contributed by atoms with Crippen molar-refractivity contribution in [3.8, 4) is 5.75 Å². The molecule has 0 aromatic heterocycles. The lowest BCUT2D eigenvalue weighted by molar-refractivity contribution is 0.235. The van der Waals surface area contributed by atoms with Gasteiger partial charge in [0.15, 0.2) is 0 Å². The molecule has 2 nitrogen and oxygen atoms in total. The second kappa shape index (κ2) is 6.67. The van der Waals surface area contributed by atoms with Crippen LogP contribution in [-0.4, -0.2) is 12.6 Å². The highest BCUT2D eigenvalue weighted by molar-refractivity contribution is 6.32. The van der Waals surface area contributed by atoms with Crippen LogP contribution in [0.4, 0.5) is 5.69 Å². The van der Waals surface area contributed by atoms with Crippen molar-refractivity contribution >= 4 is 17.3 Å². The van der Waals surface area contributed by atoms with E-state index in [9.17, 15) is 0 Å². The van der Waals surface area contributed by atoms with E-state index >= 15 is 0 Å². The number of anilines is 1. The van der Waals surface area contributed by atoms with Crippen LogP contribution in [0.2, 0.25) is 5.02 Å². The fourth-order valence-corrected chi connectivity index (χ4v) is 2.24. The minimum Gasteiger partial charge on any atom is -0.487 e. The summed E-state index contributed by atoms with van der Waals surface area (Å²) in [5.74, 6) is 0.726. The van der Waals surface area contributed by atoms with Gasteiger partial charge in [-0.25, -0.2) is 0 Å². The summed E-state index contributed by atoms with van der Waals surface area (Å²) in [5, 5.41) is 4.06. The Kier molecular flexibility index (Phi) is 4.91. The Morgan fingerprint density at radius 2 is 1.90 bits per heavy atom. The Balaban J connectivity index is 1.92. The van der Waals surface area contributed by atoms with Crippen LogP contribution in [0.15, 0.2) is 42.5 Å². The fraction of sp³-hybridized carbons (Fsp3) is 0.294. The highest BCUT2D eigenvalue weighted by Gasteiger charge is 2.07. The molecule has 1 atom stereocenters. The van der Waals surface area contributed by atoms with Crippen molar-refractivity contribution in [3.63, 3.8) is 0 Å². The molecule has 0 aliphatic rings. The predicted octanol–water partition coefficient (Wildman–Crippen LogP) is 4.84. The van der Waals surface area contributed by atoms with Crippen LogP contribution >= 0.6 is 11.6 Å². The van der Waals surface area contributed by atoms with Gasteiger partial charge in [0.05, 0.1) is 11.6 Å². The molecule has 0 radical (unpaired) electrons. The van der Waals surface area contributed by atoms with E-state index in [0.29, 0.717) is 5.02 Å². The van der Waals surface area contributed by atoms with Gasteiger partial charge < -0.3 is 10.1 Å². The maximum absolute atomic E-state index is 6.08. The minimum atomic E-state index is 0.0376. The molecule has 106 valence electrons. The fourth-order valence-electron chi connectivity index (χ4n) is 2.06. The second-order valence-corrected chi connectivity index (χ2v) is 5.47. The van der Waals surface area contributed by atoms with E-state index in [1.807, 2.05) is 31.2 Å². The smallest absolute Gasteiger partial charge is 0.138 e. The van der Waals surface area contributed by atoms with Gasteiger partial charge in [0, 0.05) is 5.69 Å². The Labute approximate surface area is 125 Å². The first kappa shape index (κ1) is 14.7. The average Bonchev–Trinajstić information content (AvgIpc) is 2.40. The number of hydrogen-bond acceptors (Lipinski definition) is 2. The van der Waals surface area contributed by atoms with Gasteiger partial charge in [-0.2, -0.15) is 0 Å². The quantitative estimate of drug-likeness (QED) is 0.851. The van der Waals surface area contributed by atoms with E-state index in [1.165, 1.54) is 11.1 Å². The van der Waals surface area contributed by atoms with E-state index in [0.717, 1.165) is 18.0 Å². The number of nitrogens with one attached hydrogen (secondary N) is 1. The lowest BCUT2D eigenvalue weighted by Crippen LogP contribution is -2.23. The molecule has 2 aromatic carbocycles. The molecule has 0 amide bonds. The van der Waals surface area contributed by atoms with Crippen molar-refractivity contribution in [1.82, 2.24) is 0 Å². The number of aryl methyl sites for hydroxylation is 2. The first-order valence-corrected chi connectivity index (χ1v) is 7.16. The molecule has 0 fully saturated rings. The van der Waals surface area contributed by atoms with Gasteiger partial charge in [0.1, 0.15) is 11.9 Å². The van der Waals surface area contributed by atoms with Crippen molar-refractivity contribution in [3.05, 3.63) is 58.6 Å². The maximum atomic E-state index is 6.08. The molecule has 2 rings (SSSR count). The Bertz CT molecular complexity index is 583. The lowest BCUT2D eigenvalue weighted by atomic mass is 10.1. The highest BCUT2D eigenvalue weighted by atomic mass is 35.5. The van der Waals surface area contributed by atoms with Crippen molar-refractivity contribution in [2.45, 2.75) is 26.9 Å². The third kappa shape index (κ3) is 3.91. The summed E-state index contributed by atoms with van der Waals surface area (Å²) in [5.41, 5.74) is 3.66. The molecule has 2 aromatic rings. The second-order valence-electron chi connectivity index (χ2n) is 5.06. The molecule has 20 heavy (non-hydrogen) atoms. The Hall–Kier alpha value is -1.67. The van der Waals surface area contributed by atoms with Gasteiger partial charge in [-0.3, -0.25) is 0 Å². The number of hydrogen-bond donors (Lipinski definition) is 1. The average molecular weight is 290 g/mol. The van der Waals surface area contributed by atoms with Gasteiger partial charge in [-0.15, -0.1) is 0 Å². The number of rotatable bonds is 5. The lowest BCUT2D eigenvalue weighted by Gasteiger charge is -2.18. The molecule has 0 saturated carbocycles. The van der Waals surface area contributed by atoms with Gasteiger partial charge in [0.2, 0.25) is 0 Å². The van der Waals surface area contributed by atoms with E-state index in [4.69, 9.17) is 16.3 Å². The van der Waals surface area contributed by atoms with Gasteiger partial charge in [-0.05, 0) is 44.5 Å². The summed E-state index contributed by atoms with van der Waals surface area (Å²) in [6.45, 7) is 6.96. The standard InChI is InChI=1S/C17H20ClNO/c1-12-8-9-16(13(2)10-12)19-11-14(3)20-17-7-5-4-6-15(17)18/h4-10,14,19H,11H2,1-3H3. The zero-order chi connectivity index (χ0) is 14.5. The van der Waals surface area contributed by atoms with Crippen LogP contribution in [-0.2, 0) is 0 Å². The largest absolute Gasteiger partial charge is 0.487 e. The molecule has 0 aliphatic carbocycles. The van der Waals surface area contributed by atoms with E-state index in [2.05, 4.69) is 37.4 Å². The van der Waals surface area contributed by atoms with Gasteiger partial charge in [-0.1, -0.05) is 41.4 Å². The third-order valence-corrected chi connectivity index (χ3v) is 3.44. The third-order valence-electron chi connectivity index (χ3n) is 3.13. The van der Waals surface area contributed by atoms with Gasteiger partial charge in [0.25, 0.3) is 0 Å². The van der Waals surface area contributed by atoms with Crippen molar-refractivity contribution in [2.24, 2.45) is 0 Å². The highest BCUT2D eigenvalue weighted by Crippen LogP contribution is 2.24. The maximum Gasteiger partial charge on any atom is 0.138 e. The normalized spacial score (nSPS) is 12.0. The molecule has 1 N–H and O–H groups in total. The van der Waals surface area contributed by atoms with Crippen LogP contribution < -0.4 is 10.1 Å². The molecule has 3 heteroatoms. The number of ether oxygens (including phenoxy) is 1. The molecule has 0 heterocycles. The van der Waals surface area contributed by atoms with Crippen LogP contribution in [0.5, 0.6) is 5.75 Å². The molecule has 0 aliphatic heterocycles. The molecule has 1 unspecified atom stereocenters. The Morgan fingerprint density at radius 1 is 1.15 bits per heavy atom. The summed E-state index contributed by atoms with van der Waals surface area (Å²) >= 11 is 6.08. The first-order chi connectivity index (χ1) is 9.56. The topological polar surface area (TPSA) is 21.3 Å². The van der Waals surface area contributed by atoms with Crippen molar-refractivity contribution in [2.75, 3.05) is 11.9 Å². The summed E-state index contributed by atoms with van der Waals surface area (Å²) < 4.78 is 5.84. The number of benzene rings is 2. The molecular weight excluding hydrogens is 270 g/mol. The van der Waals surface area contributed by atoms with E-state index in [1.54, 1.807) is 0 Å². The molecular formula is C17H20ClNO. The van der Waals surface area contributed by atoms with Crippen LogP contribution in [0.1, 0.15) is 18.1 Å². The first-order valence-electron chi connectivity index (χ1n) is 6.78. The zero-order valence-corrected chi connectivity index (χ0v) is 12.9. The van der Waals surface area contributed by atoms with E-state index < -0.39 is 0 Å². The summed E-state index contributed by atoms with van der Waals surface area (Å²) in [4.78, 5) is 0. The minimum absolute atomic E-state index is 0.0376. The molecule has 0 saturated heterocycles. The summed E-state index contributed by atoms with van der Waals surface area (Å²) in [6.07, 6.45) is 0.0376. The van der Waals surface area contributed by atoms with E-state index in [-0.39, 0.29) is 6.10 Å². The van der Waals surface area contributed by atoms with Crippen LogP contribution in [0, 0.1) is 13.8 Å².